The molecule has 0 aromatic heterocycles. The molecule has 1 aromatic rings. The van der Waals surface area contributed by atoms with E-state index in [1.807, 2.05) is 30.3 Å². The minimum absolute atomic E-state index is 0.203. The van der Waals surface area contributed by atoms with E-state index in [-0.39, 0.29) is 5.97 Å². The van der Waals surface area contributed by atoms with Gasteiger partial charge in [0.1, 0.15) is 0 Å². The largest absolute Gasteiger partial charge is 0.449 e. The average molecular weight is 317 g/mol. The monoisotopic (exact) mass is 317 g/mol. The highest BCUT2D eigenvalue weighted by atomic mass is 16.6. The first-order chi connectivity index (χ1) is 11.8. The summed E-state index contributed by atoms with van der Waals surface area (Å²) in [7, 11) is 0. The zero-order valence-electron chi connectivity index (χ0n) is 13.5. The predicted octanol–water partition coefficient (Wildman–Crippen LogP) is 2.83. The van der Waals surface area contributed by atoms with Crippen LogP contribution in [0.25, 0.3) is 0 Å². The molecule has 3 heterocycles. The van der Waals surface area contributed by atoms with Gasteiger partial charge in [0.15, 0.2) is 5.60 Å². The van der Waals surface area contributed by atoms with Gasteiger partial charge in [-0.3, -0.25) is 4.90 Å². The average Bonchev–Trinajstić information content (AvgIpc) is 3.09. The minimum Gasteiger partial charge on any atom is -0.449 e. The van der Waals surface area contributed by atoms with Crippen LogP contribution in [0.4, 0.5) is 0 Å². The lowest BCUT2D eigenvalue weighted by molar-refractivity contribution is -0.148. The number of ether oxygens (including phenoxy) is 1. The highest BCUT2D eigenvalue weighted by molar-refractivity contribution is 5.90. The molecule has 0 unspecified atom stereocenters. The topological polar surface area (TPSA) is 29.5 Å². The summed E-state index contributed by atoms with van der Waals surface area (Å²) in [4.78, 5) is 14.6. The third kappa shape index (κ3) is 1.93. The van der Waals surface area contributed by atoms with Crippen LogP contribution in [0.5, 0.6) is 0 Å². The number of carbonyl (C=O) groups is 1. The van der Waals surface area contributed by atoms with Gasteiger partial charge in [0.25, 0.3) is 0 Å². The summed E-state index contributed by atoms with van der Waals surface area (Å²) in [6.07, 6.45) is 8.38. The molecule has 3 aliphatic heterocycles. The first kappa shape index (κ1) is 14.1. The normalized spacial score (nSPS) is 33.6. The Morgan fingerprint density at radius 1 is 1.17 bits per heavy atom. The van der Waals surface area contributed by atoms with Gasteiger partial charge in [-0.25, -0.2) is 4.79 Å². The molecule has 24 heavy (non-hydrogen) atoms. The Kier molecular flexibility index (Phi) is 2.98. The highest BCUT2D eigenvalue weighted by Gasteiger charge is 2.61. The van der Waals surface area contributed by atoms with E-state index < -0.39 is 5.60 Å². The maximum absolute atomic E-state index is 12.1. The molecule has 120 valence electrons. The van der Waals surface area contributed by atoms with Gasteiger partial charge < -0.3 is 4.74 Å². The van der Waals surface area contributed by atoms with E-state index in [2.05, 4.69) is 22.8 Å². The van der Waals surface area contributed by atoms with Crippen molar-refractivity contribution in [3.63, 3.8) is 0 Å². The van der Waals surface area contributed by atoms with Gasteiger partial charge in [-0.1, -0.05) is 42.5 Å². The number of hydrogen-bond donors (Lipinski definition) is 0. The van der Waals surface area contributed by atoms with Crippen molar-refractivity contribution in [3.05, 3.63) is 59.2 Å². The quantitative estimate of drug-likeness (QED) is 0.544. The fraction of sp³-hybridized carbons (Fsp3) is 0.381. The van der Waals surface area contributed by atoms with E-state index in [1.165, 1.54) is 12.8 Å². The van der Waals surface area contributed by atoms with Gasteiger partial charge in [0.2, 0.25) is 0 Å². The lowest BCUT2D eigenvalue weighted by Crippen LogP contribution is -2.48. The van der Waals surface area contributed by atoms with Crippen molar-refractivity contribution in [3.8, 4) is 11.8 Å². The van der Waals surface area contributed by atoms with Gasteiger partial charge >= 0.3 is 5.97 Å². The second-order valence-electron chi connectivity index (χ2n) is 7.09. The minimum atomic E-state index is -0.447. The summed E-state index contributed by atoms with van der Waals surface area (Å²) in [5.41, 5.74) is 2.54. The standard InChI is InChI=1S/C21H19NO2/c23-20-13-18-16(10-9-15-6-2-1-3-7-15)12-17-14-21(18,24-20)19-8-4-5-11-22(17)19/h1-3,6-7,12-13,17,19H,4-5,8,11,14H2/t17-,19-,21+/m1/s1. The number of esters is 1. The zero-order valence-corrected chi connectivity index (χ0v) is 13.5. The Morgan fingerprint density at radius 2 is 2.04 bits per heavy atom. The first-order valence-electron chi connectivity index (χ1n) is 8.76. The van der Waals surface area contributed by atoms with Crippen LogP contribution in [0.2, 0.25) is 0 Å². The molecule has 0 amide bonds. The lowest BCUT2D eigenvalue weighted by atomic mass is 9.77. The molecular weight excluding hydrogens is 298 g/mol. The second-order valence-corrected chi connectivity index (χ2v) is 7.09. The molecular formula is C21H19NO2. The fourth-order valence-corrected chi connectivity index (χ4v) is 4.83. The summed E-state index contributed by atoms with van der Waals surface area (Å²) < 4.78 is 5.91. The van der Waals surface area contributed by atoms with Gasteiger partial charge in [-0.15, -0.1) is 0 Å². The smallest absolute Gasteiger partial charge is 0.332 e. The van der Waals surface area contributed by atoms with Crippen LogP contribution in [-0.4, -0.2) is 35.1 Å². The van der Waals surface area contributed by atoms with Crippen molar-refractivity contribution >= 4 is 5.97 Å². The third-order valence-corrected chi connectivity index (χ3v) is 5.79. The SMILES string of the molecule is O=C1C=C2C(C#Cc3ccccc3)=C[C@@H]3C[C@@]2(O1)[C@H]1CCCCN31. The lowest BCUT2D eigenvalue weighted by Gasteiger charge is -2.38. The summed E-state index contributed by atoms with van der Waals surface area (Å²) in [6, 6.07) is 10.7. The molecule has 2 fully saturated rings. The Hall–Kier alpha value is -2.31. The molecule has 2 bridgehead atoms. The zero-order chi connectivity index (χ0) is 16.1. The summed E-state index contributed by atoms with van der Waals surface area (Å²) in [5.74, 6) is 6.36. The van der Waals surface area contributed by atoms with Crippen LogP contribution in [0.1, 0.15) is 31.2 Å². The number of benzene rings is 1. The van der Waals surface area contributed by atoms with Gasteiger partial charge in [0, 0.05) is 35.2 Å². The van der Waals surface area contributed by atoms with Crippen LogP contribution in [0.15, 0.2) is 53.6 Å². The van der Waals surface area contributed by atoms with Crippen LogP contribution < -0.4 is 0 Å². The number of hydrogen-bond acceptors (Lipinski definition) is 3. The Balaban J connectivity index is 1.58. The van der Waals surface area contributed by atoms with Gasteiger partial charge in [-0.2, -0.15) is 0 Å². The van der Waals surface area contributed by atoms with Crippen molar-refractivity contribution < 1.29 is 9.53 Å². The van der Waals surface area contributed by atoms with Crippen LogP contribution >= 0.6 is 0 Å². The fourth-order valence-electron chi connectivity index (χ4n) is 4.83. The van der Waals surface area contributed by atoms with Crippen molar-refractivity contribution in [2.24, 2.45) is 0 Å². The van der Waals surface area contributed by atoms with E-state index in [4.69, 9.17) is 4.74 Å². The van der Waals surface area contributed by atoms with Crippen molar-refractivity contribution in [1.82, 2.24) is 4.90 Å². The Bertz CT molecular complexity index is 826. The number of nitrogens with zero attached hydrogens (tertiary/aromatic N) is 1. The number of fused-ring (bicyclic) bond motifs is 3. The molecule has 3 heteroatoms. The molecule has 3 nitrogen and oxygen atoms in total. The molecule has 2 saturated heterocycles. The summed E-state index contributed by atoms with van der Waals surface area (Å²) in [6.45, 7) is 1.10. The molecule has 3 atom stereocenters. The van der Waals surface area contributed by atoms with E-state index in [9.17, 15) is 4.79 Å². The molecule has 5 rings (SSSR count). The van der Waals surface area contributed by atoms with Crippen LogP contribution in [0, 0.1) is 11.8 Å². The number of carbonyl (C=O) groups excluding carboxylic acids is 1. The molecule has 0 radical (unpaired) electrons. The van der Waals surface area contributed by atoms with Gasteiger partial charge in [0.05, 0.1) is 6.04 Å². The summed E-state index contributed by atoms with van der Waals surface area (Å²) in [5, 5.41) is 0. The van der Waals surface area contributed by atoms with Crippen LogP contribution in [0.3, 0.4) is 0 Å². The first-order valence-corrected chi connectivity index (χ1v) is 8.76. The predicted molar refractivity (Wildman–Crippen MR) is 91.1 cm³/mol. The van der Waals surface area contributed by atoms with E-state index in [1.54, 1.807) is 6.08 Å². The third-order valence-electron chi connectivity index (χ3n) is 5.79. The molecule has 4 aliphatic rings. The maximum Gasteiger partial charge on any atom is 0.332 e. The van der Waals surface area contributed by atoms with Gasteiger partial charge in [-0.05, 0) is 31.5 Å². The maximum atomic E-state index is 12.1. The number of rotatable bonds is 0. The molecule has 0 N–H and O–H groups in total. The van der Waals surface area contributed by atoms with E-state index in [0.29, 0.717) is 12.1 Å². The Morgan fingerprint density at radius 3 is 2.92 bits per heavy atom. The second kappa shape index (κ2) is 5.09. The van der Waals surface area contributed by atoms with Crippen LogP contribution in [-0.2, 0) is 9.53 Å². The van der Waals surface area contributed by atoms with Crippen molar-refractivity contribution in [2.75, 3.05) is 6.54 Å². The molecule has 1 aliphatic carbocycles. The summed E-state index contributed by atoms with van der Waals surface area (Å²) >= 11 is 0. The van der Waals surface area contributed by atoms with Crippen molar-refractivity contribution in [1.29, 1.82) is 0 Å². The molecule has 1 aromatic carbocycles. The van der Waals surface area contributed by atoms with E-state index in [0.717, 1.165) is 36.1 Å². The molecule has 1 spiro atoms. The Labute approximate surface area is 142 Å². The number of piperidine rings is 1. The highest BCUT2D eigenvalue weighted by Crippen LogP contribution is 2.53. The van der Waals surface area contributed by atoms with Crippen molar-refractivity contribution in [2.45, 2.75) is 43.4 Å². The van der Waals surface area contributed by atoms with E-state index >= 15 is 0 Å². The molecule has 0 saturated carbocycles.